The highest BCUT2D eigenvalue weighted by molar-refractivity contribution is 6.09. The molecule has 1 aliphatic rings. The first-order chi connectivity index (χ1) is 14.5. The maximum Gasteiger partial charge on any atom is 0.201 e. The van der Waals surface area contributed by atoms with E-state index in [1.807, 2.05) is 16.7 Å². The highest BCUT2D eigenvalue weighted by atomic mass is 17.2. The van der Waals surface area contributed by atoms with Crippen LogP contribution in [0.4, 0.5) is 0 Å². The highest BCUT2D eigenvalue weighted by Gasteiger charge is 2.21. The molecule has 1 aromatic carbocycles. The van der Waals surface area contributed by atoms with Crippen molar-refractivity contribution >= 4 is 45.4 Å². The first-order valence-electron chi connectivity index (χ1n) is 9.61. The lowest BCUT2D eigenvalue weighted by molar-refractivity contribution is -0.151. The second-order valence-corrected chi connectivity index (χ2v) is 7.64. The zero-order valence-electron chi connectivity index (χ0n) is 17.1. The van der Waals surface area contributed by atoms with E-state index in [0.717, 1.165) is 21.3 Å². The standard InChI is InChI=1S/C22H21N3O5/c1-11(2)8-25-20-15-10-30-29-9-12(15)7-23-19(20)18-14(22(25)26)5-13-16(24-18)6-17(27-3)21(13)28-4/h5-7,9-11,26H,8H2,1-4H3. The first kappa shape index (κ1) is 18.4. The molecule has 8 heteroatoms. The number of fused-ring (bicyclic) bond motifs is 6. The number of nitrogens with zero attached hydrogens (tertiary/aromatic N) is 3. The molecule has 0 fully saturated rings. The van der Waals surface area contributed by atoms with Crippen molar-refractivity contribution in [2.45, 2.75) is 20.4 Å². The number of methoxy groups -OCH3 is 2. The number of aromatic nitrogens is 3. The van der Waals surface area contributed by atoms with Gasteiger partial charge in [-0.25, -0.2) is 4.98 Å². The van der Waals surface area contributed by atoms with Crippen LogP contribution in [0.15, 0.2) is 18.3 Å². The van der Waals surface area contributed by atoms with E-state index in [0.29, 0.717) is 40.0 Å². The van der Waals surface area contributed by atoms with Crippen molar-refractivity contribution in [3.63, 3.8) is 0 Å². The first-order valence-corrected chi connectivity index (χ1v) is 9.61. The number of ether oxygens (including phenoxy) is 2. The molecule has 0 saturated carbocycles. The van der Waals surface area contributed by atoms with Crippen LogP contribution in [-0.4, -0.2) is 33.9 Å². The number of aromatic hydroxyl groups is 1. The molecule has 1 N–H and O–H groups in total. The van der Waals surface area contributed by atoms with Crippen LogP contribution in [0.5, 0.6) is 17.4 Å². The quantitative estimate of drug-likeness (QED) is 0.411. The molecule has 0 radical (unpaired) electrons. The van der Waals surface area contributed by atoms with E-state index < -0.39 is 0 Å². The largest absolute Gasteiger partial charge is 0.494 e. The van der Waals surface area contributed by atoms with E-state index in [9.17, 15) is 5.11 Å². The molecule has 0 amide bonds. The summed E-state index contributed by atoms with van der Waals surface area (Å²) in [5.41, 5.74) is 2.70. The Morgan fingerprint density at radius 2 is 1.87 bits per heavy atom. The summed E-state index contributed by atoms with van der Waals surface area (Å²) in [6.45, 7) is 4.77. The maximum absolute atomic E-state index is 11.3. The fourth-order valence-electron chi connectivity index (χ4n) is 4.00. The molecular formula is C22H21N3O5. The van der Waals surface area contributed by atoms with Gasteiger partial charge in [-0.05, 0) is 12.0 Å². The molecule has 5 rings (SSSR count). The van der Waals surface area contributed by atoms with Crippen molar-refractivity contribution in [1.82, 2.24) is 14.5 Å². The second-order valence-electron chi connectivity index (χ2n) is 7.64. The van der Waals surface area contributed by atoms with Crippen molar-refractivity contribution in [2.24, 2.45) is 5.92 Å². The fourth-order valence-corrected chi connectivity index (χ4v) is 4.00. The molecule has 0 atom stereocenters. The van der Waals surface area contributed by atoms with Gasteiger partial charge in [0.15, 0.2) is 24.0 Å². The summed E-state index contributed by atoms with van der Waals surface area (Å²) >= 11 is 0. The SMILES string of the molecule is COc1cc2nc3c(cc2c1OC)c(O)n(CC(C)C)c1c2c(cnc31)=COOC=2. The Morgan fingerprint density at radius 1 is 1.07 bits per heavy atom. The van der Waals surface area contributed by atoms with Crippen LogP contribution in [0.25, 0.3) is 45.4 Å². The number of hydrogen-bond donors (Lipinski definition) is 1. The predicted octanol–water partition coefficient (Wildman–Crippen LogP) is 2.55. The van der Waals surface area contributed by atoms with Crippen LogP contribution in [0.2, 0.25) is 0 Å². The molecular weight excluding hydrogens is 386 g/mol. The third-order valence-corrected chi connectivity index (χ3v) is 5.27. The average molecular weight is 407 g/mol. The van der Waals surface area contributed by atoms with Gasteiger partial charge < -0.3 is 19.1 Å². The van der Waals surface area contributed by atoms with Gasteiger partial charge >= 0.3 is 0 Å². The van der Waals surface area contributed by atoms with Crippen molar-refractivity contribution in [3.05, 3.63) is 28.8 Å². The van der Waals surface area contributed by atoms with Gasteiger partial charge in [0.2, 0.25) is 5.88 Å². The Morgan fingerprint density at radius 3 is 2.60 bits per heavy atom. The molecule has 0 unspecified atom stereocenters. The summed E-state index contributed by atoms with van der Waals surface area (Å²) < 4.78 is 12.8. The maximum atomic E-state index is 11.3. The van der Waals surface area contributed by atoms with Gasteiger partial charge in [0.05, 0.1) is 35.9 Å². The zero-order chi connectivity index (χ0) is 21.0. The van der Waals surface area contributed by atoms with E-state index >= 15 is 0 Å². The minimum Gasteiger partial charge on any atom is -0.494 e. The molecule has 3 aromatic heterocycles. The van der Waals surface area contributed by atoms with E-state index in [1.54, 1.807) is 20.4 Å². The minimum absolute atomic E-state index is 0.109. The lowest BCUT2D eigenvalue weighted by Crippen LogP contribution is -2.32. The highest BCUT2D eigenvalue weighted by Crippen LogP contribution is 2.41. The molecule has 0 saturated heterocycles. The summed E-state index contributed by atoms with van der Waals surface area (Å²) in [6.07, 6.45) is 4.73. The minimum atomic E-state index is 0.109. The lowest BCUT2D eigenvalue weighted by atomic mass is 10.1. The second kappa shape index (κ2) is 6.69. The fraction of sp³-hybridized carbons (Fsp3) is 0.273. The van der Waals surface area contributed by atoms with Crippen molar-refractivity contribution in [3.8, 4) is 17.4 Å². The normalized spacial score (nSPS) is 13.0. The van der Waals surface area contributed by atoms with E-state index in [2.05, 4.69) is 18.8 Å². The van der Waals surface area contributed by atoms with Gasteiger partial charge in [-0.15, -0.1) is 0 Å². The Kier molecular flexibility index (Phi) is 4.09. The smallest absolute Gasteiger partial charge is 0.201 e. The Labute approximate surface area is 171 Å². The topological polar surface area (TPSA) is 87.9 Å². The van der Waals surface area contributed by atoms with Crippen LogP contribution >= 0.6 is 0 Å². The average Bonchev–Trinajstić information content (AvgIpc) is 3.11. The van der Waals surface area contributed by atoms with Gasteiger partial charge in [0.25, 0.3) is 0 Å². The van der Waals surface area contributed by atoms with E-state index in [1.165, 1.54) is 12.5 Å². The third-order valence-electron chi connectivity index (χ3n) is 5.27. The summed E-state index contributed by atoms with van der Waals surface area (Å²) in [6, 6.07) is 3.70. The molecule has 154 valence electrons. The van der Waals surface area contributed by atoms with Gasteiger partial charge in [-0.2, -0.15) is 0 Å². The van der Waals surface area contributed by atoms with Gasteiger partial charge in [-0.3, -0.25) is 14.8 Å². The molecule has 0 spiro atoms. The predicted molar refractivity (Wildman–Crippen MR) is 112 cm³/mol. The molecule has 4 aromatic rings. The van der Waals surface area contributed by atoms with Gasteiger partial charge in [-0.1, -0.05) is 13.8 Å². The molecule has 1 aliphatic heterocycles. The number of hydrogen-bond acceptors (Lipinski definition) is 7. The monoisotopic (exact) mass is 407 g/mol. The molecule has 30 heavy (non-hydrogen) atoms. The van der Waals surface area contributed by atoms with Crippen molar-refractivity contribution in [1.29, 1.82) is 0 Å². The summed E-state index contributed by atoms with van der Waals surface area (Å²) in [5.74, 6) is 1.57. The van der Waals surface area contributed by atoms with Gasteiger partial charge in [0, 0.05) is 29.4 Å². The number of pyridine rings is 3. The van der Waals surface area contributed by atoms with E-state index in [4.69, 9.17) is 24.2 Å². The molecule has 8 nitrogen and oxygen atoms in total. The van der Waals surface area contributed by atoms with Crippen LogP contribution in [0, 0.1) is 5.92 Å². The molecule has 0 aliphatic carbocycles. The summed E-state index contributed by atoms with van der Waals surface area (Å²) in [5, 5.41) is 14.2. The molecule has 0 bridgehead atoms. The van der Waals surface area contributed by atoms with Crippen molar-refractivity contribution < 1.29 is 24.4 Å². The number of rotatable bonds is 4. The lowest BCUT2D eigenvalue weighted by Gasteiger charge is -2.19. The Bertz CT molecular complexity index is 1440. The van der Waals surface area contributed by atoms with Crippen molar-refractivity contribution in [2.75, 3.05) is 14.2 Å². The van der Waals surface area contributed by atoms with Crippen LogP contribution in [0.1, 0.15) is 13.8 Å². The zero-order valence-corrected chi connectivity index (χ0v) is 17.1. The van der Waals surface area contributed by atoms with E-state index in [-0.39, 0.29) is 11.8 Å². The summed E-state index contributed by atoms with van der Waals surface area (Å²) in [7, 11) is 3.17. The third kappa shape index (κ3) is 2.53. The van der Waals surface area contributed by atoms with Crippen LogP contribution in [-0.2, 0) is 16.3 Å². The Balaban J connectivity index is 2.01. The summed E-state index contributed by atoms with van der Waals surface area (Å²) in [4.78, 5) is 19.5. The van der Waals surface area contributed by atoms with Crippen LogP contribution in [0.3, 0.4) is 0 Å². The molecule has 4 heterocycles. The Hall–Kier alpha value is -3.68. The van der Waals surface area contributed by atoms with Gasteiger partial charge in [0.1, 0.15) is 11.0 Å². The van der Waals surface area contributed by atoms with Crippen LogP contribution < -0.4 is 19.9 Å².